The monoisotopic (exact) mass is 449 g/mol. The first-order valence-corrected chi connectivity index (χ1v) is 10.5. The second-order valence-electron chi connectivity index (χ2n) is 8.22. The Morgan fingerprint density at radius 1 is 1.06 bits per heavy atom. The Morgan fingerprint density at radius 2 is 1.81 bits per heavy atom. The van der Waals surface area contributed by atoms with Gasteiger partial charge in [0.05, 0.1) is 24.1 Å². The molecule has 8 nitrogen and oxygen atoms in total. The molecule has 0 saturated carbocycles. The van der Waals surface area contributed by atoms with Gasteiger partial charge in [0, 0.05) is 5.56 Å². The highest BCUT2D eigenvalue weighted by Crippen LogP contribution is 2.32. The van der Waals surface area contributed by atoms with E-state index in [1.165, 1.54) is 0 Å². The Hall–Kier alpha value is -3.36. The van der Waals surface area contributed by atoms with E-state index in [9.17, 15) is 5.11 Å². The van der Waals surface area contributed by atoms with E-state index in [1.807, 2.05) is 44.2 Å². The normalized spacial score (nSPS) is 11.7. The lowest BCUT2D eigenvalue weighted by atomic mass is 10.0. The number of aliphatic hydroxyl groups is 1. The van der Waals surface area contributed by atoms with Gasteiger partial charge >= 0.3 is 0 Å². The third-order valence-electron chi connectivity index (χ3n) is 5.26. The van der Waals surface area contributed by atoms with E-state index >= 15 is 0 Å². The lowest BCUT2D eigenvalue weighted by Gasteiger charge is -2.17. The molecule has 0 saturated heterocycles. The van der Waals surface area contributed by atoms with Crippen molar-refractivity contribution in [3.8, 4) is 22.8 Å². The molecular formula is C23H24ClN7O. The molecule has 32 heavy (non-hydrogen) atoms. The summed E-state index contributed by atoms with van der Waals surface area (Å²) in [5.74, 6) is 0.666. The van der Waals surface area contributed by atoms with Crippen LogP contribution in [0.25, 0.3) is 22.8 Å². The van der Waals surface area contributed by atoms with Gasteiger partial charge in [-0.05, 0) is 51.0 Å². The van der Waals surface area contributed by atoms with Crippen molar-refractivity contribution in [2.24, 2.45) is 0 Å². The van der Waals surface area contributed by atoms with Gasteiger partial charge in [0.1, 0.15) is 27.8 Å². The van der Waals surface area contributed by atoms with Crippen molar-refractivity contribution in [3.63, 3.8) is 0 Å². The second-order valence-corrected chi connectivity index (χ2v) is 8.60. The van der Waals surface area contributed by atoms with Crippen molar-refractivity contribution in [2.45, 2.75) is 39.8 Å². The number of pyridine rings is 1. The Labute approximate surface area is 191 Å². The minimum Gasteiger partial charge on any atom is -0.384 e. The summed E-state index contributed by atoms with van der Waals surface area (Å²) in [6.45, 7) is 7.82. The molecule has 4 aromatic rings. The summed E-state index contributed by atoms with van der Waals surface area (Å²) in [6, 6.07) is 11.4. The van der Waals surface area contributed by atoms with Gasteiger partial charge in [-0.15, -0.1) is 5.10 Å². The molecule has 0 aliphatic heterocycles. The Balaban J connectivity index is 1.69. The zero-order valence-electron chi connectivity index (χ0n) is 18.3. The Kier molecular flexibility index (Phi) is 5.66. The third-order valence-corrected chi connectivity index (χ3v) is 5.63. The molecule has 0 unspecified atom stereocenters. The number of aromatic nitrogens is 6. The van der Waals surface area contributed by atoms with Gasteiger partial charge in [0.15, 0.2) is 5.82 Å². The molecule has 0 amide bonds. The predicted molar refractivity (Wildman–Crippen MR) is 124 cm³/mol. The number of nitrogens with two attached hydrogens (primary N) is 1. The molecular weight excluding hydrogens is 426 g/mol. The van der Waals surface area contributed by atoms with Crippen LogP contribution in [0.1, 0.15) is 36.4 Å². The van der Waals surface area contributed by atoms with Crippen molar-refractivity contribution in [2.75, 3.05) is 5.73 Å². The van der Waals surface area contributed by atoms with Gasteiger partial charge in [-0.1, -0.05) is 41.1 Å². The van der Waals surface area contributed by atoms with Gasteiger partial charge in [0.2, 0.25) is 0 Å². The molecule has 4 rings (SSSR count). The molecule has 0 aliphatic rings. The minimum atomic E-state index is -1.03. The maximum atomic E-state index is 10.2. The van der Waals surface area contributed by atoms with Gasteiger partial charge in [-0.3, -0.25) is 4.98 Å². The minimum absolute atomic E-state index is 0.182. The third kappa shape index (κ3) is 4.32. The SMILES string of the molecule is Cc1cccc(-c2nc(N)c(Cl)c(-c3cn(Cc4cccc(C(C)(C)O)n4)nn3)n2)c1C. The average Bonchev–Trinajstić information content (AvgIpc) is 3.20. The van der Waals surface area contributed by atoms with Crippen LogP contribution < -0.4 is 5.73 Å². The highest BCUT2D eigenvalue weighted by Gasteiger charge is 2.19. The van der Waals surface area contributed by atoms with Crippen LogP contribution in [0, 0.1) is 13.8 Å². The molecule has 164 valence electrons. The number of nitrogen functional groups attached to an aromatic ring is 1. The van der Waals surface area contributed by atoms with Crippen LogP contribution >= 0.6 is 11.6 Å². The Morgan fingerprint density at radius 3 is 2.56 bits per heavy atom. The maximum absolute atomic E-state index is 10.2. The zero-order valence-corrected chi connectivity index (χ0v) is 19.1. The van der Waals surface area contributed by atoms with Crippen molar-refractivity contribution < 1.29 is 5.11 Å². The summed E-state index contributed by atoms with van der Waals surface area (Å²) in [4.78, 5) is 13.6. The smallest absolute Gasteiger partial charge is 0.162 e. The fourth-order valence-electron chi connectivity index (χ4n) is 3.31. The standard InChI is InChI=1S/C23H24ClN7O/c1-13-7-5-9-16(14(13)2)22-27-20(19(24)21(25)28-22)17-12-31(30-29-17)11-15-8-6-10-18(26-15)23(3,4)32/h5-10,12,32H,11H2,1-4H3,(H2,25,27,28). The first kappa shape index (κ1) is 21.9. The largest absolute Gasteiger partial charge is 0.384 e. The molecule has 0 fully saturated rings. The number of nitrogens with zero attached hydrogens (tertiary/aromatic N) is 6. The first-order valence-electron chi connectivity index (χ1n) is 10.1. The van der Waals surface area contributed by atoms with E-state index in [0.717, 1.165) is 22.4 Å². The van der Waals surface area contributed by atoms with Crippen LogP contribution in [0.3, 0.4) is 0 Å². The van der Waals surface area contributed by atoms with Gasteiger partial charge in [-0.2, -0.15) is 0 Å². The quantitative estimate of drug-likeness (QED) is 0.474. The molecule has 3 aromatic heterocycles. The second kappa shape index (κ2) is 8.29. The fourth-order valence-corrected chi connectivity index (χ4v) is 3.49. The number of rotatable bonds is 5. The number of anilines is 1. The molecule has 0 atom stereocenters. The molecule has 9 heteroatoms. The number of halogens is 1. The number of benzene rings is 1. The highest BCUT2D eigenvalue weighted by atomic mass is 35.5. The molecule has 0 spiro atoms. The maximum Gasteiger partial charge on any atom is 0.162 e. The first-order chi connectivity index (χ1) is 15.1. The van der Waals surface area contributed by atoms with Crippen LogP contribution in [-0.4, -0.2) is 35.1 Å². The van der Waals surface area contributed by atoms with E-state index in [2.05, 4.69) is 25.3 Å². The number of aryl methyl sites for hydroxylation is 1. The van der Waals surface area contributed by atoms with E-state index in [0.29, 0.717) is 29.5 Å². The van der Waals surface area contributed by atoms with Crippen LogP contribution in [0.15, 0.2) is 42.6 Å². The van der Waals surface area contributed by atoms with Gasteiger partial charge in [0.25, 0.3) is 0 Å². The van der Waals surface area contributed by atoms with E-state index in [-0.39, 0.29) is 10.8 Å². The summed E-state index contributed by atoms with van der Waals surface area (Å²) in [5, 5.41) is 18.9. The van der Waals surface area contributed by atoms with Crippen LogP contribution in [-0.2, 0) is 12.1 Å². The summed E-state index contributed by atoms with van der Waals surface area (Å²) < 4.78 is 1.64. The molecule has 0 aliphatic carbocycles. The van der Waals surface area contributed by atoms with Gasteiger partial charge in [-0.25, -0.2) is 14.6 Å². The molecule has 1 aromatic carbocycles. The number of hydrogen-bond acceptors (Lipinski definition) is 7. The van der Waals surface area contributed by atoms with E-state index in [1.54, 1.807) is 30.8 Å². The average molecular weight is 450 g/mol. The zero-order chi connectivity index (χ0) is 23.0. The summed E-state index contributed by atoms with van der Waals surface area (Å²) in [6.07, 6.45) is 1.74. The van der Waals surface area contributed by atoms with Crippen LogP contribution in [0.4, 0.5) is 5.82 Å². The van der Waals surface area contributed by atoms with Crippen molar-refractivity contribution in [3.05, 3.63) is 70.1 Å². The van der Waals surface area contributed by atoms with Crippen molar-refractivity contribution >= 4 is 17.4 Å². The van der Waals surface area contributed by atoms with Crippen molar-refractivity contribution in [1.82, 2.24) is 29.9 Å². The lowest BCUT2D eigenvalue weighted by molar-refractivity contribution is 0.0736. The summed E-state index contributed by atoms with van der Waals surface area (Å²) in [5.41, 5.74) is 10.4. The predicted octanol–water partition coefficient (Wildman–Crippen LogP) is 3.93. The summed E-state index contributed by atoms with van der Waals surface area (Å²) in [7, 11) is 0. The topological polar surface area (TPSA) is 116 Å². The molecule has 0 bridgehead atoms. The highest BCUT2D eigenvalue weighted by molar-refractivity contribution is 6.35. The number of hydrogen-bond donors (Lipinski definition) is 2. The molecule has 0 radical (unpaired) electrons. The van der Waals surface area contributed by atoms with Crippen LogP contribution in [0.2, 0.25) is 5.02 Å². The summed E-state index contributed by atoms with van der Waals surface area (Å²) >= 11 is 6.43. The molecule has 3 heterocycles. The van der Waals surface area contributed by atoms with E-state index in [4.69, 9.17) is 17.3 Å². The van der Waals surface area contributed by atoms with E-state index < -0.39 is 5.60 Å². The fraction of sp³-hybridized carbons (Fsp3) is 0.261. The van der Waals surface area contributed by atoms with Crippen molar-refractivity contribution in [1.29, 1.82) is 0 Å². The van der Waals surface area contributed by atoms with Crippen LogP contribution in [0.5, 0.6) is 0 Å². The lowest BCUT2D eigenvalue weighted by Crippen LogP contribution is -2.18. The Bertz CT molecular complexity index is 1290. The molecule has 3 N–H and O–H groups in total. The van der Waals surface area contributed by atoms with Gasteiger partial charge < -0.3 is 10.8 Å².